The van der Waals surface area contributed by atoms with Crippen molar-refractivity contribution in [1.82, 2.24) is 24.6 Å². The van der Waals surface area contributed by atoms with Gasteiger partial charge in [0.2, 0.25) is 5.76 Å². The fourth-order valence-electron chi connectivity index (χ4n) is 2.82. The highest BCUT2D eigenvalue weighted by molar-refractivity contribution is 6.03. The third-order valence-electron chi connectivity index (χ3n) is 4.26. The first-order valence-corrected chi connectivity index (χ1v) is 8.75. The summed E-state index contributed by atoms with van der Waals surface area (Å²) in [4.78, 5) is 25.0. The second-order valence-electron chi connectivity index (χ2n) is 6.60. The number of aromatic nitrogens is 5. The summed E-state index contributed by atoms with van der Waals surface area (Å²) in [5, 5.41) is 6.98. The molecule has 146 valence electrons. The lowest BCUT2D eigenvalue weighted by atomic mass is 10.1. The van der Waals surface area contributed by atoms with E-state index in [0.29, 0.717) is 23.0 Å². The van der Waals surface area contributed by atoms with Gasteiger partial charge in [-0.15, -0.1) is 5.10 Å². The van der Waals surface area contributed by atoms with Gasteiger partial charge < -0.3 is 9.73 Å². The van der Waals surface area contributed by atoms with E-state index >= 15 is 0 Å². The molecule has 3 aromatic heterocycles. The zero-order chi connectivity index (χ0) is 20.7. The summed E-state index contributed by atoms with van der Waals surface area (Å²) >= 11 is 0. The van der Waals surface area contributed by atoms with Crippen molar-refractivity contribution in [2.24, 2.45) is 0 Å². The molecule has 0 atom stereocenters. The summed E-state index contributed by atoms with van der Waals surface area (Å²) in [6.07, 6.45) is 3.35. The van der Waals surface area contributed by atoms with Crippen LogP contribution in [0.25, 0.3) is 22.7 Å². The summed E-state index contributed by atoms with van der Waals surface area (Å²) in [7, 11) is 0. The van der Waals surface area contributed by atoms with Gasteiger partial charge in [0.1, 0.15) is 5.82 Å². The van der Waals surface area contributed by atoms with Gasteiger partial charge in [-0.2, -0.15) is 4.98 Å². The number of oxazole rings is 1. The summed E-state index contributed by atoms with van der Waals surface area (Å²) in [5.74, 6) is -0.0240. The van der Waals surface area contributed by atoms with Crippen LogP contribution in [0.1, 0.15) is 34.6 Å². The smallest absolute Gasteiger partial charge is 0.293 e. The third-order valence-corrected chi connectivity index (χ3v) is 4.26. The largest absolute Gasteiger partial charge is 0.436 e. The number of hydrogen-bond acceptors (Lipinski definition) is 6. The van der Waals surface area contributed by atoms with E-state index in [2.05, 4.69) is 31.9 Å². The molecule has 1 N–H and O–H groups in total. The molecule has 8 nitrogen and oxygen atoms in total. The molecule has 0 unspecified atom stereocenters. The van der Waals surface area contributed by atoms with E-state index < -0.39 is 11.7 Å². The Labute approximate surface area is 165 Å². The van der Waals surface area contributed by atoms with E-state index in [1.165, 1.54) is 22.7 Å². The minimum absolute atomic E-state index is 0.107. The van der Waals surface area contributed by atoms with Gasteiger partial charge in [-0.1, -0.05) is 6.58 Å². The zero-order valence-electron chi connectivity index (χ0n) is 16.0. The average molecular weight is 392 g/mol. The predicted molar refractivity (Wildman–Crippen MR) is 105 cm³/mol. The Morgan fingerprint density at radius 2 is 2.07 bits per heavy atom. The minimum Gasteiger partial charge on any atom is -0.436 e. The number of hydrogen-bond donors (Lipinski definition) is 1. The molecule has 0 bridgehead atoms. The van der Waals surface area contributed by atoms with Crippen LogP contribution in [0.3, 0.4) is 0 Å². The number of halogens is 1. The van der Waals surface area contributed by atoms with Gasteiger partial charge >= 0.3 is 0 Å². The zero-order valence-corrected chi connectivity index (χ0v) is 16.0. The maximum Gasteiger partial charge on any atom is 0.293 e. The quantitative estimate of drug-likeness (QED) is 0.567. The Hall–Kier alpha value is -3.88. The van der Waals surface area contributed by atoms with Gasteiger partial charge in [0.25, 0.3) is 11.7 Å². The fraction of sp³-hybridized carbons (Fsp3) is 0.150. The second kappa shape index (κ2) is 6.93. The molecule has 29 heavy (non-hydrogen) atoms. The Kier molecular flexibility index (Phi) is 4.42. The topological polar surface area (TPSA) is 98.2 Å². The lowest BCUT2D eigenvalue weighted by Crippen LogP contribution is -2.12. The van der Waals surface area contributed by atoms with Gasteiger partial charge in [0.15, 0.2) is 11.7 Å². The molecular formula is C20H17FN6O2. The summed E-state index contributed by atoms with van der Waals surface area (Å²) < 4.78 is 21.2. The van der Waals surface area contributed by atoms with E-state index in [1.807, 2.05) is 6.92 Å². The van der Waals surface area contributed by atoms with E-state index in [4.69, 9.17) is 4.42 Å². The Balaban J connectivity index is 1.68. The van der Waals surface area contributed by atoms with Gasteiger partial charge in [0.05, 0.1) is 11.3 Å². The average Bonchev–Trinajstić information content (AvgIpc) is 3.24. The lowest BCUT2D eigenvalue weighted by Gasteiger charge is -2.06. The molecule has 0 fully saturated rings. The number of amides is 1. The highest BCUT2D eigenvalue weighted by Gasteiger charge is 2.18. The number of aryl methyl sites for hydroxylation is 2. The number of anilines is 1. The van der Waals surface area contributed by atoms with Crippen molar-refractivity contribution < 1.29 is 13.6 Å². The first-order valence-electron chi connectivity index (χ1n) is 8.75. The van der Waals surface area contributed by atoms with Crippen LogP contribution in [0, 0.1) is 19.7 Å². The standard InChI is InChI=1S/C20H17FN6O2/c1-10(2)13-8-22-20-25-18(26-27(20)9-13)15-7-14(5-6-16(15)21)24-19(28)17-11(3)23-12(4)29-17/h5-9H,1H2,2-4H3,(H,24,28). The first kappa shape index (κ1) is 18.5. The van der Waals surface area contributed by atoms with E-state index in [-0.39, 0.29) is 17.1 Å². The number of rotatable bonds is 4. The van der Waals surface area contributed by atoms with Crippen LogP contribution in [-0.2, 0) is 0 Å². The molecule has 3 heterocycles. The van der Waals surface area contributed by atoms with Crippen molar-refractivity contribution in [3.05, 3.63) is 65.9 Å². The van der Waals surface area contributed by atoms with Crippen molar-refractivity contribution in [1.29, 1.82) is 0 Å². The van der Waals surface area contributed by atoms with Crippen molar-refractivity contribution >= 4 is 22.9 Å². The SMILES string of the molecule is C=C(C)c1cnc2nc(-c3cc(NC(=O)c4oc(C)nc4C)ccc3F)nn2c1. The number of carbonyl (C=O) groups excluding carboxylic acids is 1. The maximum absolute atomic E-state index is 14.5. The molecule has 0 aliphatic heterocycles. The summed E-state index contributed by atoms with van der Waals surface area (Å²) in [5.41, 5.74) is 2.60. The number of benzene rings is 1. The van der Waals surface area contributed by atoms with Crippen molar-refractivity contribution in [2.75, 3.05) is 5.32 Å². The van der Waals surface area contributed by atoms with E-state index in [1.54, 1.807) is 26.2 Å². The number of carbonyl (C=O) groups is 1. The van der Waals surface area contributed by atoms with Crippen molar-refractivity contribution in [2.45, 2.75) is 20.8 Å². The third kappa shape index (κ3) is 3.49. The molecule has 9 heteroatoms. The number of fused-ring (bicyclic) bond motifs is 1. The second-order valence-corrected chi connectivity index (χ2v) is 6.60. The van der Waals surface area contributed by atoms with Crippen LogP contribution < -0.4 is 5.32 Å². The first-order chi connectivity index (χ1) is 13.8. The molecule has 0 radical (unpaired) electrons. The van der Waals surface area contributed by atoms with Gasteiger partial charge in [-0.05, 0) is 37.6 Å². The van der Waals surface area contributed by atoms with Crippen LogP contribution in [0.2, 0.25) is 0 Å². The molecule has 0 saturated heterocycles. The van der Waals surface area contributed by atoms with Gasteiger partial charge in [-0.25, -0.2) is 18.9 Å². The molecule has 4 aromatic rings. The van der Waals surface area contributed by atoms with Crippen molar-refractivity contribution in [3.63, 3.8) is 0 Å². The molecule has 1 amide bonds. The minimum atomic E-state index is -0.522. The molecule has 0 spiro atoms. The molecule has 0 saturated carbocycles. The fourth-order valence-corrected chi connectivity index (χ4v) is 2.82. The van der Waals surface area contributed by atoms with Gasteiger partial charge in [-0.3, -0.25) is 4.79 Å². The Morgan fingerprint density at radius 3 is 2.76 bits per heavy atom. The molecular weight excluding hydrogens is 375 g/mol. The summed E-state index contributed by atoms with van der Waals surface area (Å²) in [6.45, 7) is 9.05. The van der Waals surface area contributed by atoms with Gasteiger partial charge in [0, 0.05) is 30.6 Å². The molecule has 0 aliphatic rings. The highest BCUT2D eigenvalue weighted by atomic mass is 19.1. The normalized spacial score (nSPS) is 11.0. The lowest BCUT2D eigenvalue weighted by molar-refractivity contribution is 0.0994. The number of allylic oxidation sites excluding steroid dienone is 1. The van der Waals surface area contributed by atoms with Crippen LogP contribution in [-0.4, -0.2) is 30.5 Å². The highest BCUT2D eigenvalue weighted by Crippen LogP contribution is 2.25. The van der Waals surface area contributed by atoms with E-state index in [9.17, 15) is 9.18 Å². The van der Waals surface area contributed by atoms with Crippen LogP contribution in [0.4, 0.5) is 10.1 Å². The molecule has 4 rings (SSSR count). The monoisotopic (exact) mass is 392 g/mol. The van der Waals surface area contributed by atoms with Crippen LogP contribution >= 0.6 is 0 Å². The number of nitrogens with zero attached hydrogens (tertiary/aromatic N) is 5. The van der Waals surface area contributed by atoms with E-state index in [0.717, 1.165) is 11.1 Å². The van der Waals surface area contributed by atoms with Crippen LogP contribution in [0.15, 0.2) is 41.6 Å². The Bertz CT molecular complexity index is 1270. The predicted octanol–water partition coefficient (Wildman–Crippen LogP) is 3.82. The molecule has 0 aliphatic carbocycles. The van der Waals surface area contributed by atoms with Crippen LogP contribution in [0.5, 0.6) is 0 Å². The maximum atomic E-state index is 14.5. The summed E-state index contributed by atoms with van der Waals surface area (Å²) in [6, 6.07) is 4.14. The Morgan fingerprint density at radius 1 is 1.28 bits per heavy atom. The molecule has 1 aromatic carbocycles. The van der Waals surface area contributed by atoms with Crippen molar-refractivity contribution in [3.8, 4) is 11.4 Å². The number of nitrogens with one attached hydrogen (secondary N) is 1.